The molecule has 0 aromatic carbocycles. The predicted molar refractivity (Wildman–Crippen MR) is 41.8 cm³/mol. The van der Waals surface area contributed by atoms with Gasteiger partial charge in [0.05, 0.1) is 0 Å². The van der Waals surface area contributed by atoms with E-state index in [1.807, 2.05) is 0 Å². The fourth-order valence-corrected chi connectivity index (χ4v) is 1.27. The van der Waals surface area contributed by atoms with Gasteiger partial charge in [0.15, 0.2) is 0 Å². The Hall–Kier alpha value is -0.570. The second kappa shape index (κ2) is 3.56. The summed E-state index contributed by atoms with van der Waals surface area (Å²) in [6.07, 6.45) is 2.99. The van der Waals surface area contributed by atoms with Crippen molar-refractivity contribution in [3.8, 4) is 0 Å². The van der Waals surface area contributed by atoms with Crippen LogP contribution in [0.15, 0.2) is 0 Å². The van der Waals surface area contributed by atoms with Gasteiger partial charge in [0.2, 0.25) is 6.41 Å². The third-order valence-electron chi connectivity index (χ3n) is 2.02. The molecule has 1 heterocycles. The number of hydrogen-bond acceptors (Lipinski definition) is 2. The molecule has 0 radical (unpaired) electrons. The number of rotatable bonds is 2. The van der Waals surface area contributed by atoms with Gasteiger partial charge < -0.3 is 10.2 Å². The molecule has 1 aliphatic heterocycles. The first kappa shape index (κ1) is 7.54. The lowest BCUT2D eigenvalue weighted by Crippen LogP contribution is -2.40. The second-order valence-corrected chi connectivity index (χ2v) is 2.86. The van der Waals surface area contributed by atoms with E-state index in [0.29, 0.717) is 6.04 Å². The highest BCUT2D eigenvalue weighted by molar-refractivity contribution is 5.46. The normalized spacial score (nSPS) is 22.5. The van der Waals surface area contributed by atoms with Crippen LogP contribution in [0, 0.1) is 0 Å². The van der Waals surface area contributed by atoms with Crippen LogP contribution in [-0.2, 0) is 4.79 Å². The fourth-order valence-electron chi connectivity index (χ4n) is 1.27. The minimum absolute atomic E-state index is 0. The molecule has 10 heavy (non-hydrogen) atoms. The third-order valence-corrected chi connectivity index (χ3v) is 2.02. The highest BCUT2D eigenvalue weighted by Crippen LogP contribution is 2.06. The lowest BCUT2D eigenvalue weighted by molar-refractivity contribution is -0.110. The molecule has 3 heteroatoms. The third kappa shape index (κ3) is 1.99. The number of hydrogen-bond donors (Lipinski definition) is 1. The molecule has 1 aliphatic rings. The Bertz CT molecular complexity index is 113. The summed E-state index contributed by atoms with van der Waals surface area (Å²) in [5.74, 6) is 0. The molecule has 60 valence electrons. The smallest absolute Gasteiger partial charge is 0.207 e. The Morgan fingerprint density at radius 2 is 2.20 bits per heavy atom. The number of carbonyl (C=O) groups excluding carboxylic acids is 1. The average Bonchev–Trinajstić information content (AvgIpc) is 1.95. The van der Waals surface area contributed by atoms with E-state index in [1.165, 1.54) is 0 Å². The topological polar surface area (TPSA) is 32.3 Å². The molecule has 0 saturated carbocycles. The van der Waals surface area contributed by atoms with Crippen LogP contribution in [0.1, 0.15) is 14.3 Å². The first-order chi connectivity index (χ1) is 4.83. The maximum atomic E-state index is 10.0. The predicted octanol–water partition coefficient (Wildman–Crippen LogP) is 0.0726. The number of piperidine rings is 1. The summed E-state index contributed by atoms with van der Waals surface area (Å²) in [6, 6.07) is 0.425. The van der Waals surface area contributed by atoms with Crippen molar-refractivity contribution in [2.75, 3.05) is 20.1 Å². The summed E-state index contributed by atoms with van der Waals surface area (Å²) in [5.41, 5.74) is 0. The van der Waals surface area contributed by atoms with E-state index in [-0.39, 0.29) is 1.43 Å². The molecule has 0 unspecified atom stereocenters. The molecule has 1 N–H and O–H groups in total. The van der Waals surface area contributed by atoms with Crippen molar-refractivity contribution in [2.45, 2.75) is 18.9 Å². The average molecular weight is 144 g/mol. The Morgan fingerprint density at radius 3 is 2.70 bits per heavy atom. The highest BCUT2D eigenvalue weighted by atomic mass is 16.1. The van der Waals surface area contributed by atoms with Crippen molar-refractivity contribution in [3.63, 3.8) is 0 Å². The Balaban J connectivity index is 0.000001000. The van der Waals surface area contributed by atoms with Crippen LogP contribution in [0.25, 0.3) is 0 Å². The molecule has 0 spiro atoms. The van der Waals surface area contributed by atoms with Crippen molar-refractivity contribution in [2.24, 2.45) is 0 Å². The molecular weight excluding hydrogens is 128 g/mol. The first-order valence-electron chi connectivity index (χ1n) is 3.71. The number of likely N-dealkylation sites (tertiary alicyclic amines) is 1. The van der Waals surface area contributed by atoms with Crippen LogP contribution in [0.2, 0.25) is 0 Å². The van der Waals surface area contributed by atoms with Crippen molar-refractivity contribution >= 4 is 6.41 Å². The van der Waals surface area contributed by atoms with E-state index in [2.05, 4.69) is 17.3 Å². The summed E-state index contributed by atoms with van der Waals surface area (Å²) in [7, 11) is 2.11. The Morgan fingerprint density at radius 1 is 1.60 bits per heavy atom. The molecule has 0 aromatic rings. The van der Waals surface area contributed by atoms with Gasteiger partial charge in [-0.15, -0.1) is 0 Å². The summed E-state index contributed by atoms with van der Waals surface area (Å²) < 4.78 is 0. The standard InChI is InChI=1S/C7H14N2O.H2/c1-9-4-2-7(3-5-9)8-6-10;/h6-7H,2-5H2,1H3,(H,8,10);1H. The van der Waals surface area contributed by atoms with Crippen LogP contribution >= 0.6 is 0 Å². The molecule has 0 aliphatic carbocycles. The highest BCUT2D eigenvalue weighted by Gasteiger charge is 2.14. The number of carbonyl (C=O) groups is 1. The lowest BCUT2D eigenvalue weighted by atomic mass is 10.1. The fraction of sp³-hybridized carbons (Fsp3) is 0.857. The van der Waals surface area contributed by atoms with E-state index in [0.717, 1.165) is 32.3 Å². The van der Waals surface area contributed by atoms with Crippen LogP contribution in [0.3, 0.4) is 0 Å². The molecular formula is C7H16N2O. The number of amides is 1. The minimum atomic E-state index is 0. The maximum absolute atomic E-state index is 10.0. The molecule has 1 fully saturated rings. The van der Waals surface area contributed by atoms with Gasteiger partial charge in [0.25, 0.3) is 0 Å². The summed E-state index contributed by atoms with van der Waals surface area (Å²) in [6.45, 7) is 2.21. The van der Waals surface area contributed by atoms with Gasteiger partial charge in [-0.2, -0.15) is 0 Å². The minimum Gasteiger partial charge on any atom is -0.356 e. The molecule has 1 rings (SSSR count). The Labute approximate surface area is 62.9 Å². The molecule has 3 nitrogen and oxygen atoms in total. The van der Waals surface area contributed by atoms with Crippen LogP contribution < -0.4 is 5.32 Å². The monoisotopic (exact) mass is 144 g/mol. The summed E-state index contributed by atoms with van der Waals surface area (Å²) >= 11 is 0. The zero-order chi connectivity index (χ0) is 7.40. The second-order valence-electron chi connectivity index (χ2n) is 2.86. The van der Waals surface area contributed by atoms with Crippen LogP contribution in [0.4, 0.5) is 0 Å². The SMILES string of the molecule is CN1CCC(NC=O)CC1.[HH]. The van der Waals surface area contributed by atoms with Crippen molar-refractivity contribution in [1.29, 1.82) is 0 Å². The molecule has 0 bridgehead atoms. The van der Waals surface area contributed by atoms with E-state index >= 15 is 0 Å². The quantitative estimate of drug-likeness (QED) is 0.556. The molecule has 0 aromatic heterocycles. The van der Waals surface area contributed by atoms with Gasteiger partial charge in [-0.1, -0.05) is 0 Å². The van der Waals surface area contributed by atoms with Crippen molar-refractivity contribution in [3.05, 3.63) is 0 Å². The molecule has 1 saturated heterocycles. The van der Waals surface area contributed by atoms with Gasteiger partial charge in [-0.05, 0) is 33.0 Å². The first-order valence-corrected chi connectivity index (χ1v) is 3.71. The van der Waals surface area contributed by atoms with Gasteiger partial charge in [0, 0.05) is 7.47 Å². The van der Waals surface area contributed by atoms with Crippen molar-refractivity contribution in [1.82, 2.24) is 10.2 Å². The van der Waals surface area contributed by atoms with Crippen LogP contribution in [-0.4, -0.2) is 37.5 Å². The van der Waals surface area contributed by atoms with Gasteiger partial charge >= 0.3 is 0 Å². The van der Waals surface area contributed by atoms with E-state index in [9.17, 15) is 4.79 Å². The van der Waals surface area contributed by atoms with E-state index < -0.39 is 0 Å². The number of nitrogens with one attached hydrogen (secondary N) is 1. The van der Waals surface area contributed by atoms with Gasteiger partial charge in [-0.3, -0.25) is 4.79 Å². The Kier molecular flexibility index (Phi) is 2.68. The zero-order valence-corrected chi connectivity index (χ0v) is 6.34. The maximum Gasteiger partial charge on any atom is 0.207 e. The van der Waals surface area contributed by atoms with E-state index in [4.69, 9.17) is 0 Å². The zero-order valence-electron chi connectivity index (χ0n) is 6.34. The molecule has 0 atom stereocenters. The van der Waals surface area contributed by atoms with Crippen LogP contribution in [0.5, 0.6) is 0 Å². The molecule has 1 amide bonds. The largest absolute Gasteiger partial charge is 0.356 e. The number of nitrogens with zero attached hydrogens (tertiary/aromatic N) is 1. The lowest BCUT2D eigenvalue weighted by Gasteiger charge is -2.28. The summed E-state index contributed by atoms with van der Waals surface area (Å²) in [4.78, 5) is 12.3. The van der Waals surface area contributed by atoms with Gasteiger partial charge in [0.1, 0.15) is 0 Å². The summed E-state index contributed by atoms with van der Waals surface area (Å²) in [5, 5.41) is 2.80. The van der Waals surface area contributed by atoms with E-state index in [1.54, 1.807) is 0 Å². The van der Waals surface area contributed by atoms with Crippen molar-refractivity contribution < 1.29 is 6.22 Å². The van der Waals surface area contributed by atoms with Gasteiger partial charge in [-0.25, -0.2) is 0 Å².